The van der Waals surface area contributed by atoms with E-state index in [-0.39, 0.29) is 0 Å². The van der Waals surface area contributed by atoms with Gasteiger partial charge in [0.1, 0.15) is 23.6 Å². The molecule has 0 bridgehead atoms. The first kappa shape index (κ1) is 20.7. The number of amides is 4. The second-order valence-electron chi connectivity index (χ2n) is 6.54. The van der Waals surface area contributed by atoms with Gasteiger partial charge < -0.3 is 20.1 Å². The Morgan fingerprint density at radius 3 is 2.55 bits per heavy atom. The summed E-state index contributed by atoms with van der Waals surface area (Å²) in [7, 11) is 2.98. The molecule has 1 saturated heterocycles. The quantitative estimate of drug-likeness (QED) is 0.644. The maximum absolute atomic E-state index is 13.0. The van der Waals surface area contributed by atoms with E-state index in [9.17, 15) is 14.4 Å². The summed E-state index contributed by atoms with van der Waals surface area (Å²) in [6.45, 7) is 1.18. The smallest absolute Gasteiger partial charge is 0.325 e. The number of urea groups is 1. The highest BCUT2D eigenvalue weighted by molar-refractivity contribution is 9.10. The van der Waals surface area contributed by atoms with E-state index in [1.165, 1.54) is 14.2 Å². The van der Waals surface area contributed by atoms with E-state index < -0.39 is 29.9 Å². The SMILES string of the molecule is COc1ccc(NC(=O)CN2C(=O)N[C@](C)(c3ccccc3Br)C2=O)c(OC)c1. The van der Waals surface area contributed by atoms with Gasteiger partial charge in [-0.1, -0.05) is 34.1 Å². The number of benzene rings is 2. The van der Waals surface area contributed by atoms with Crippen molar-refractivity contribution in [3.05, 3.63) is 52.5 Å². The van der Waals surface area contributed by atoms with Gasteiger partial charge in [0.2, 0.25) is 5.91 Å². The topological polar surface area (TPSA) is 97.0 Å². The molecule has 1 heterocycles. The molecule has 0 unspecified atom stereocenters. The number of nitrogens with one attached hydrogen (secondary N) is 2. The third-order valence-electron chi connectivity index (χ3n) is 4.67. The zero-order valence-corrected chi connectivity index (χ0v) is 17.7. The zero-order valence-electron chi connectivity index (χ0n) is 16.1. The Morgan fingerprint density at radius 1 is 1.17 bits per heavy atom. The molecule has 1 aliphatic rings. The Labute approximate surface area is 176 Å². The van der Waals surface area contributed by atoms with Gasteiger partial charge in [0, 0.05) is 16.1 Å². The summed E-state index contributed by atoms with van der Waals surface area (Å²) >= 11 is 3.41. The van der Waals surface area contributed by atoms with Crippen LogP contribution in [-0.4, -0.2) is 43.5 Å². The molecular weight excluding hydrogens is 442 g/mol. The van der Waals surface area contributed by atoms with Crippen LogP contribution < -0.4 is 20.1 Å². The number of nitrogens with zero attached hydrogens (tertiary/aromatic N) is 1. The molecule has 0 spiro atoms. The van der Waals surface area contributed by atoms with Gasteiger partial charge >= 0.3 is 6.03 Å². The molecule has 0 aliphatic carbocycles. The van der Waals surface area contributed by atoms with Crippen LogP contribution in [0.2, 0.25) is 0 Å². The Kier molecular flexibility index (Phi) is 5.78. The normalized spacial score (nSPS) is 18.4. The molecule has 0 radical (unpaired) electrons. The summed E-state index contributed by atoms with van der Waals surface area (Å²) in [5, 5.41) is 5.34. The highest BCUT2D eigenvalue weighted by Gasteiger charge is 2.50. The molecule has 0 saturated carbocycles. The van der Waals surface area contributed by atoms with Crippen molar-refractivity contribution in [2.75, 3.05) is 26.1 Å². The van der Waals surface area contributed by atoms with Crippen molar-refractivity contribution in [2.45, 2.75) is 12.5 Å². The monoisotopic (exact) mass is 461 g/mol. The number of imide groups is 1. The Morgan fingerprint density at radius 2 is 1.90 bits per heavy atom. The molecule has 3 rings (SSSR count). The molecular formula is C20H20BrN3O5. The van der Waals surface area contributed by atoms with E-state index in [1.54, 1.807) is 43.3 Å². The lowest BCUT2D eigenvalue weighted by molar-refractivity contribution is -0.133. The van der Waals surface area contributed by atoms with E-state index in [0.717, 1.165) is 4.90 Å². The lowest BCUT2D eigenvalue weighted by Crippen LogP contribution is -2.42. The maximum Gasteiger partial charge on any atom is 0.325 e. The number of halogens is 1. The van der Waals surface area contributed by atoms with E-state index in [2.05, 4.69) is 26.6 Å². The fourth-order valence-electron chi connectivity index (χ4n) is 3.12. The fraction of sp³-hybridized carbons (Fsp3) is 0.250. The number of hydrogen-bond acceptors (Lipinski definition) is 5. The van der Waals surface area contributed by atoms with Crippen LogP contribution in [0.5, 0.6) is 11.5 Å². The van der Waals surface area contributed by atoms with E-state index >= 15 is 0 Å². The molecule has 0 aromatic heterocycles. The largest absolute Gasteiger partial charge is 0.497 e. The molecule has 2 aromatic rings. The summed E-state index contributed by atoms with van der Waals surface area (Å²) in [5.41, 5.74) is -0.257. The summed E-state index contributed by atoms with van der Waals surface area (Å²) in [6, 6.07) is 11.4. The number of carbonyl (C=O) groups excluding carboxylic acids is 3. The predicted octanol–water partition coefficient (Wildman–Crippen LogP) is 2.87. The van der Waals surface area contributed by atoms with E-state index in [1.807, 2.05) is 6.07 Å². The number of methoxy groups -OCH3 is 2. The molecule has 1 atom stereocenters. The van der Waals surface area contributed by atoms with Gasteiger partial charge in [-0.2, -0.15) is 0 Å². The first-order valence-corrected chi connectivity index (χ1v) is 9.50. The minimum atomic E-state index is -1.27. The summed E-state index contributed by atoms with van der Waals surface area (Å²) in [6.07, 6.45) is 0. The van der Waals surface area contributed by atoms with Crippen LogP contribution in [0.25, 0.3) is 0 Å². The van der Waals surface area contributed by atoms with Gasteiger partial charge in [-0.15, -0.1) is 0 Å². The van der Waals surface area contributed by atoms with Gasteiger partial charge in [-0.3, -0.25) is 14.5 Å². The average Bonchev–Trinajstić information content (AvgIpc) is 2.92. The van der Waals surface area contributed by atoms with E-state index in [0.29, 0.717) is 27.2 Å². The van der Waals surface area contributed by atoms with Crippen LogP contribution in [0.15, 0.2) is 46.9 Å². The van der Waals surface area contributed by atoms with Gasteiger partial charge in [-0.25, -0.2) is 4.79 Å². The third-order valence-corrected chi connectivity index (χ3v) is 5.36. The Hall–Kier alpha value is -3.07. The second kappa shape index (κ2) is 8.12. The third kappa shape index (κ3) is 3.91. The van der Waals surface area contributed by atoms with Gasteiger partial charge in [-0.05, 0) is 25.1 Å². The number of carbonyl (C=O) groups is 3. The number of hydrogen-bond donors (Lipinski definition) is 2. The standard InChI is InChI=1S/C20H20BrN3O5/c1-20(13-6-4-5-7-14(13)21)18(26)24(19(27)23-20)11-17(25)22-15-9-8-12(28-2)10-16(15)29-3/h4-10H,11H2,1-3H3,(H,22,25)(H,23,27)/t20-/m1/s1. The maximum atomic E-state index is 13.0. The molecule has 4 amide bonds. The number of rotatable bonds is 6. The van der Waals surface area contributed by atoms with Crippen LogP contribution in [0.4, 0.5) is 10.5 Å². The highest BCUT2D eigenvalue weighted by atomic mass is 79.9. The first-order valence-electron chi connectivity index (χ1n) is 8.71. The summed E-state index contributed by atoms with van der Waals surface area (Å²) in [4.78, 5) is 38.8. The minimum Gasteiger partial charge on any atom is -0.497 e. The first-order chi connectivity index (χ1) is 13.8. The van der Waals surface area contributed by atoms with Crippen LogP contribution in [0.1, 0.15) is 12.5 Å². The lowest BCUT2D eigenvalue weighted by Gasteiger charge is -2.23. The average molecular weight is 462 g/mol. The molecule has 8 nitrogen and oxygen atoms in total. The molecule has 2 aromatic carbocycles. The van der Waals surface area contributed by atoms with Gasteiger partial charge in [0.15, 0.2) is 0 Å². The molecule has 1 fully saturated rings. The van der Waals surface area contributed by atoms with Crippen LogP contribution in [0, 0.1) is 0 Å². The molecule has 29 heavy (non-hydrogen) atoms. The van der Waals surface area contributed by atoms with Crippen LogP contribution in [0.3, 0.4) is 0 Å². The predicted molar refractivity (Wildman–Crippen MR) is 110 cm³/mol. The lowest BCUT2D eigenvalue weighted by atomic mass is 9.92. The van der Waals surface area contributed by atoms with Crippen molar-refractivity contribution < 1.29 is 23.9 Å². The van der Waals surface area contributed by atoms with Gasteiger partial charge in [0.05, 0.1) is 19.9 Å². The molecule has 1 aliphatic heterocycles. The van der Waals surface area contributed by atoms with Crippen LogP contribution in [-0.2, 0) is 15.1 Å². The van der Waals surface area contributed by atoms with Crippen molar-refractivity contribution in [1.82, 2.24) is 10.2 Å². The minimum absolute atomic E-state index is 0.396. The molecule has 152 valence electrons. The fourth-order valence-corrected chi connectivity index (χ4v) is 3.81. The molecule has 2 N–H and O–H groups in total. The highest BCUT2D eigenvalue weighted by Crippen LogP contribution is 2.34. The summed E-state index contributed by atoms with van der Waals surface area (Å²) < 4.78 is 11.1. The Balaban J connectivity index is 1.77. The van der Waals surface area contributed by atoms with Crippen molar-refractivity contribution >= 4 is 39.5 Å². The van der Waals surface area contributed by atoms with Crippen LogP contribution >= 0.6 is 15.9 Å². The van der Waals surface area contributed by atoms with Crippen molar-refractivity contribution in [2.24, 2.45) is 0 Å². The van der Waals surface area contributed by atoms with E-state index in [4.69, 9.17) is 9.47 Å². The molecule has 9 heteroatoms. The van der Waals surface area contributed by atoms with Crippen molar-refractivity contribution in [3.8, 4) is 11.5 Å². The van der Waals surface area contributed by atoms with Gasteiger partial charge in [0.25, 0.3) is 5.91 Å². The van der Waals surface area contributed by atoms with Crippen molar-refractivity contribution in [1.29, 1.82) is 0 Å². The zero-order chi connectivity index (χ0) is 21.2. The summed E-state index contributed by atoms with van der Waals surface area (Å²) in [5.74, 6) is -0.0781. The number of anilines is 1. The Bertz CT molecular complexity index is 980. The second-order valence-corrected chi connectivity index (χ2v) is 7.40. The van der Waals surface area contributed by atoms with Crippen molar-refractivity contribution in [3.63, 3.8) is 0 Å². The number of ether oxygens (including phenoxy) is 2.